The summed E-state index contributed by atoms with van der Waals surface area (Å²) in [5.41, 5.74) is 1.15. The Balaban J connectivity index is 1.50. The maximum absolute atomic E-state index is 13.6. The van der Waals surface area contributed by atoms with E-state index < -0.39 is 92.5 Å². The Bertz CT molecular complexity index is 2130. The van der Waals surface area contributed by atoms with Crippen molar-refractivity contribution < 1.29 is 97.9 Å². The minimum Gasteiger partial charge on any atom is -0.504 e. The molecule has 334 valence electrons. The maximum Gasteiger partial charge on any atom is 0.331 e. The highest BCUT2D eigenvalue weighted by molar-refractivity contribution is 5.89. The monoisotopic (exact) mass is 870 g/mol. The first-order valence-electron chi connectivity index (χ1n) is 18.7. The highest BCUT2D eigenvalue weighted by Gasteiger charge is 2.63. The van der Waals surface area contributed by atoms with Gasteiger partial charge in [0.2, 0.25) is 5.79 Å². The summed E-state index contributed by atoms with van der Waals surface area (Å²) in [4.78, 5) is 40.1. The number of hydrogen-bond acceptors (Lipinski definition) is 20. The second-order valence-electron chi connectivity index (χ2n) is 13.6. The molecule has 0 radical (unpaired) electrons. The quantitative estimate of drug-likeness (QED) is 0.0522. The van der Waals surface area contributed by atoms with Crippen LogP contribution in [0.4, 0.5) is 0 Å². The van der Waals surface area contributed by atoms with Crippen molar-refractivity contribution in [2.75, 3.05) is 41.2 Å². The second kappa shape index (κ2) is 21.0. The largest absolute Gasteiger partial charge is 0.504 e. The first-order valence-corrected chi connectivity index (χ1v) is 18.7. The van der Waals surface area contributed by atoms with E-state index in [2.05, 4.69) is 0 Å². The van der Waals surface area contributed by atoms with Gasteiger partial charge in [-0.1, -0.05) is 18.2 Å². The van der Waals surface area contributed by atoms with Crippen molar-refractivity contribution in [2.24, 2.45) is 0 Å². The lowest BCUT2D eigenvalue weighted by atomic mass is 9.99. The Hall–Kier alpha value is -6.23. The molecular weight excluding hydrogens is 824 g/mol. The molecule has 0 aromatic heterocycles. The van der Waals surface area contributed by atoms with Gasteiger partial charge in [0.05, 0.1) is 27.9 Å². The van der Waals surface area contributed by atoms with Crippen LogP contribution in [0.3, 0.4) is 0 Å². The van der Waals surface area contributed by atoms with Crippen LogP contribution in [0, 0.1) is 0 Å². The number of phenols is 3. The van der Waals surface area contributed by atoms with Crippen LogP contribution in [0.5, 0.6) is 34.5 Å². The van der Waals surface area contributed by atoms with Gasteiger partial charge >= 0.3 is 17.9 Å². The van der Waals surface area contributed by atoms with Gasteiger partial charge in [0.1, 0.15) is 43.7 Å². The van der Waals surface area contributed by atoms with E-state index in [-0.39, 0.29) is 34.5 Å². The number of carbonyl (C=O) groups is 3. The first kappa shape index (κ1) is 46.8. The van der Waals surface area contributed by atoms with Crippen LogP contribution in [0.2, 0.25) is 0 Å². The average Bonchev–Trinajstić information content (AvgIpc) is 3.55. The third-order valence-electron chi connectivity index (χ3n) is 9.57. The van der Waals surface area contributed by atoms with E-state index >= 15 is 0 Å². The summed E-state index contributed by atoms with van der Waals surface area (Å²) in [6, 6.07) is 12.6. The molecule has 0 amide bonds. The van der Waals surface area contributed by atoms with Gasteiger partial charge in [-0.05, 0) is 71.3 Å². The van der Waals surface area contributed by atoms with Gasteiger partial charge in [0.15, 0.2) is 53.0 Å². The van der Waals surface area contributed by atoms with E-state index in [1.54, 1.807) is 0 Å². The summed E-state index contributed by atoms with van der Waals surface area (Å²) in [5.74, 6) is -6.08. The third kappa shape index (κ3) is 11.2. The Morgan fingerprint density at radius 2 is 1.11 bits per heavy atom. The molecule has 20 heteroatoms. The number of methoxy groups -OCH3 is 3. The van der Waals surface area contributed by atoms with Crippen LogP contribution in [-0.4, -0.2) is 155 Å². The highest BCUT2D eigenvalue weighted by atomic mass is 16.8. The lowest BCUT2D eigenvalue weighted by molar-refractivity contribution is -0.383. The molecule has 0 aliphatic carbocycles. The molecule has 8 N–H and O–H groups in total. The molecule has 2 aliphatic rings. The molecule has 2 fully saturated rings. The van der Waals surface area contributed by atoms with Gasteiger partial charge in [-0.25, -0.2) is 14.4 Å². The lowest BCUT2D eigenvalue weighted by Gasteiger charge is -2.43. The number of aliphatic hydroxyl groups is 5. The van der Waals surface area contributed by atoms with E-state index in [9.17, 15) is 55.2 Å². The van der Waals surface area contributed by atoms with Crippen LogP contribution in [-0.2, 0) is 42.8 Å². The van der Waals surface area contributed by atoms with Crippen molar-refractivity contribution in [3.63, 3.8) is 0 Å². The summed E-state index contributed by atoms with van der Waals surface area (Å²) in [6.45, 7) is -2.88. The Morgan fingerprint density at radius 1 is 0.645 bits per heavy atom. The number of hydrogen-bond donors (Lipinski definition) is 8. The molecule has 2 heterocycles. The molecule has 0 bridgehead atoms. The number of benzene rings is 3. The number of rotatable bonds is 17. The minimum absolute atomic E-state index is 0.0812. The van der Waals surface area contributed by atoms with Crippen LogP contribution < -0.4 is 14.2 Å². The summed E-state index contributed by atoms with van der Waals surface area (Å²) in [6.07, 6.45) is -8.01. The van der Waals surface area contributed by atoms with E-state index in [1.807, 2.05) is 0 Å². The molecule has 9 atom stereocenters. The molecule has 3 aromatic rings. The van der Waals surface area contributed by atoms with Crippen LogP contribution in [0.15, 0.2) is 72.8 Å². The number of esters is 3. The first-order chi connectivity index (χ1) is 29.6. The smallest absolute Gasteiger partial charge is 0.331 e. The van der Waals surface area contributed by atoms with Gasteiger partial charge in [-0.3, -0.25) is 0 Å². The maximum atomic E-state index is 13.6. The van der Waals surface area contributed by atoms with Crippen molar-refractivity contribution in [1.29, 1.82) is 0 Å². The number of aliphatic hydroxyl groups excluding tert-OH is 5. The second-order valence-corrected chi connectivity index (χ2v) is 13.6. The fourth-order valence-corrected chi connectivity index (χ4v) is 6.32. The molecule has 20 nitrogen and oxygen atoms in total. The average molecular weight is 871 g/mol. The summed E-state index contributed by atoms with van der Waals surface area (Å²) < 4.78 is 49.7. The third-order valence-corrected chi connectivity index (χ3v) is 9.57. The fourth-order valence-electron chi connectivity index (χ4n) is 6.32. The number of ether oxygens (including phenoxy) is 9. The standard InChI is InChI=1S/C42H46O20/c1-54-28-16-22(4-10-25(28)45)7-13-33(48)57-20-32-39(59-34(49)14-8-23-5-11-26(46)29(17-23)55-2)40(60-35(50)15-9-24-6-12-27(47)30(18-24)56-3)42(21-44,61-32)62-41-38(53)37(52)36(51)31(19-43)58-41/h4-18,31-32,36-41,43-47,51-53H,19-21H2,1-3H3/t31-,32-,36-,37+,38-,39-,40+,41-,42+/m1/s1. The van der Waals surface area contributed by atoms with Crippen LogP contribution in [0.25, 0.3) is 18.2 Å². The van der Waals surface area contributed by atoms with Gasteiger partial charge in [0.25, 0.3) is 0 Å². The normalized spacial score (nSPS) is 26.1. The summed E-state index contributed by atoms with van der Waals surface area (Å²) in [5, 5.41) is 82.4. The van der Waals surface area contributed by atoms with Crippen molar-refractivity contribution >= 4 is 36.1 Å². The molecule has 2 aliphatic heterocycles. The SMILES string of the molecule is COc1cc(C=CC(=O)OC[C@H]2O[C@@](CO)(O[C@H]3O[C@H](CO)[C@@H](O)[C@H](O)[C@H]3O)[C@@H](OC(=O)C=Cc3ccc(O)c(OC)c3)[C@@H]2OC(=O)C=Cc2ccc(O)c(OC)c2)ccc1O. The number of aromatic hydroxyl groups is 3. The molecule has 3 aromatic carbocycles. The van der Waals surface area contributed by atoms with Gasteiger partial charge in [-0.2, -0.15) is 0 Å². The number of carbonyl (C=O) groups excluding carboxylic acids is 3. The zero-order valence-electron chi connectivity index (χ0n) is 33.4. The van der Waals surface area contributed by atoms with Crippen molar-refractivity contribution in [2.45, 2.75) is 54.8 Å². The lowest BCUT2D eigenvalue weighted by Crippen LogP contribution is -2.63. The minimum atomic E-state index is -2.66. The summed E-state index contributed by atoms with van der Waals surface area (Å²) in [7, 11) is 3.97. The fraction of sp³-hybridized carbons (Fsp3) is 0.357. The van der Waals surface area contributed by atoms with E-state index in [4.69, 9.17) is 42.6 Å². The molecular formula is C42H46O20. The predicted octanol–water partition coefficient (Wildman–Crippen LogP) is 0.540. The highest BCUT2D eigenvalue weighted by Crippen LogP contribution is 2.40. The van der Waals surface area contributed by atoms with Crippen LogP contribution in [0.1, 0.15) is 16.7 Å². The summed E-state index contributed by atoms with van der Waals surface area (Å²) >= 11 is 0. The Morgan fingerprint density at radius 3 is 1.56 bits per heavy atom. The van der Waals surface area contributed by atoms with Crippen molar-refractivity contribution in [3.05, 3.63) is 89.5 Å². The van der Waals surface area contributed by atoms with E-state index in [0.717, 1.165) is 18.2 Å². The Kier molecular flexibility index (Phi) is 15.9. The van der Waals surface area contributed by atoms with E-state index in [0.29, 0.717) is 16.7 Å². The number of phenolic OH excluding ortho intramolecular Hbond substituents is 3. The molecule has 62 heavy (non-hydrogen) atoms. The molecule has 0 saturated carbocycles. The molecule has 5 rings (SSSR count). The van der Waals surface area contributed by atoms with Crippen LogP contribution >= 0.6 is 0 Å². The van der Waals surface area contributed by atoms with Crippen molar-refractivity contribution in [3.8, 4) is 34.5 Å². The topological polar surface area (TPSA) is 296 Å². The van der Waals surface area contributed by atoms with Gasteiger partial charge in [-0.15, -0.1) is 0 Å². The van der Waals surface area contributed by atoms with Crippen molar-refractivity contribution in [1.82, 2.24) is 0 Å². The molecule has 0 unspecified atom stereocenters. The zero-order valence-corrected chi connectivity index (χ0v) is 33.4. The predicted molar refractivity (Wildman–Crippen MR) is 211 cm³/mol. The Labute approximate surface area is 353 Å². The molecule has 2 saturated heterocycles. The van der Waals surface area contributed by atoms with Gasteiger partial charge < -0.3 is 83.5 Å². The van der Waals surface area contributed by atoms with E-state index in [1.165, 1.54) is 94.2 Å². The van der Waals surface area contributed by atoms with Gasteiger partial charge in [0, 0.05) is 18.2 Å². The zero-order chi connectivity index (χ0) is 45.1. The molecule has 0 spiro atoms.